The van der Waals surface area contributed by atoms with Crippen LogP contribution >= 0.6 is 23.2 Å². The highest BCUT2D eigenvalue weighted by Crippen LogP contribution is 2.24. The van der Waals surface area contributed by atoms with Crippen molar-refractivity contribution >= 4 is 46.6 Å². The molecule has 0 atom stereocenters. The van der Waals surface area contributed by atoms with E-state index in [-0.39, 0.29) is 36.2 Å². The molecule has 0 aliphatic rings. The highest BCUT2D eigenvalue weighted by Gasteiger charge is 2.18. The molecule has 0 saturated carbocycles. The number of aryl methyl sites for hydroxylation is 1. The van der Waals surface area contributed by atoms with Gasteiger partial charge in [-0.1, -0.05) is 6.07 Å². The van der Waals surface area contributed by atoms with E-state index in [9.17, 15) is 19.4 Å². The predicted octanol–water partition coefficient (Wildman–Crippen LogP) is 3.50. The van der Waals surface area contributed by atoms with Crippen LogP contribution < -0.4 is 10.6 Å². The number of anilines is 2. The van der Waals surface area contributed by atoms with Gasteiger partial charge in [0.1, 0.15) is 0 Å². The third kappa shape index (κ3) is 6.16. The normalized spacial score (nSPS) is 9.88. The van der Waals surface area contributed by atoms with Crippen molar-refractivity contribution in [3.05, 3.63) is 33.6 Å². The molecule has 0 unspecified atom stereocenters. The molecule has 0 aromatic heterocycles. The van der Waals surface area contributed by atoms with Crippen molar-refractivity contribution in [2.75, 3.05) is 35.5 Å². The van der Waals surface area contributed by atoms with E-state index in [1.54, 1.807) is 19.1 Å². The van der Waals surface area contributed by atoms with E-state index < -0.39 is 12.1 Å². The van der Waals surface area contributed by atoms with Crippen molar-refractivity contribution in [1.29, 1.82) is 0 Å². The lowest BCUT2D eigenvalue weighted by molar-refractivity contribution is 0.215. The second-order valence-corrected chi connectivity index (χ2v) is 5.45. The van der Waals surface area contributed by atoms with E-state index in [4.69, 9.17) is 23.2 Å². The van der Waals surface area contributed by atoms with Gasteiger partial charge in [-0.25, -0.2) is 9.59 Å². The zero-order valence-electron chi connectivity index (χ0n) is 13.2. The standard InChI is InChI=1S/C13H16Cl2N6O4/c1-9-2-3-10(16-12(22)20(18-24)6-4-14)11(8-9)17-13(23)21(19-25)7-5-15/h2-3,8H,4-7H2,1H3,(H,16,22)(H,17,23). The molecule has 1 rings (SSSR count). The van der Waals surface area contributed by atoms with Crippen LogP contribution in [0, 0.1) is 16.7 Å². The van der Waals surface area contributed by atoms with Crippen LogP contribution in [0.5, 0.6) is 0 Å². The van der Waals surface area contributed by atoms with E-state index in [0.29, 0.717) is 10.0 Å². The molecule has 0 aliphatic heterocycles. The predicted molar refractivity (Wildman–Crippen MR) is 95.7 cm³/mol. The summed E-state index contributed by atoms with van der Waals surface area (Å²) in [6, 6.07) is 3.13. The first-order valence-corrected chi connectivity index (χ1v) is 8.09. The number of alkyl halides is 2. The van der Waals surface area contributed by atoms with E-state index in [2.05, 4.69) is 21.2 Å². The van der Waals surface area contributed by atoms with Gasteiger partial charge in [-0.15, -0.1) is 33.0 Å². The number of hydrogen-bond acceptors (Lipinski definition) is 6. The topological polar surface area (TPSA) is 124 Å². The minimum atomic E-state index is -0.818. The van der Waals surface area contributed by atoms with E-state index in [0.717, 1.165) is 5.56 Å². The Morgan fingerprint density at radius 2 is 1.44 bits per heavy atom. The Hall–Kier alpha value is -2.46. The van der Waals surface area contributed by atoms with Gasteiger partial charge in [-0.3, -0.25) is 0 Å². The minimum absolute atomic E-state index is 0.0228. The highest BCUT2D eigenvalue weighted by atomic mass is 35.5. The molecule has 0 bridgehead atoms. The number of benzene rings is 1. The first kappa shape index (κ1) is 20.6. The Labute approximate surface area is 153 Å². The molecular formula is C13H16Cl2N6O4. The quantitative estimate of drug-likeness (QED) is 0.400. The second kappa shape index (κ2) is 10.4. The van der Waals surface area contributed by atoms with Gasteiger partial charge in [-0.2, -0.15) is 10.0 Å². The van der Waals surface area contributed by atoms with Crippen LogP contribution in [0.4, 0.5) is 21.0 Å². The van der Waals surface area contributed by atoms with Gasteiger partial charge >= 0.3 is 12.1 Å². The lowest BCUT2D eigenvalue weighted by Gasteiger charge is -2.18. The maximum Gasteiger partial charge on any atom is 0.344 e. The molecule has 12 heteroatoms. The van der Waals surface area contributed by atoms with E-state index >= 15 is 0 Å². The number of hydrogen-bond donors (Lipinski definition) is 2. The molecule has 0 saturated heterocycles. The largest absolute Gasteiger partial charge is 0.344 e. The van der Waals surface area contributed by atoms with Crippen LogP contribution in [-0.4, -0.2) is 46.9 Å². The molecule has 10 nitrogen and oxygen atoms in total. The van der Waals surface area contributed by atoms with Gasteiger partial charge in [0, 0.05) is 11.8 Å². The maximum atomic E-state index is 12.0. The van der Waals surface area contributed by atoms with Crippen molar-refractivity contribution in [3.63, 3.8) is 0 Å². The smallest absolute Gasteiger partial charge is 0.304 e. The fraction of sp³-hybridized carbons (Fsp3) is 0.385. The minimum Gasteiger partial charge on any atom is -0.304 e. The van der Waals surface area contributed by atoms with Crippen molar-refractivity contribution < 1.29 is 9.59 Å². The zero-order chi connectivity index (χ0) is 18.8. The van der Waals surface area contributed by atoms with Crippen LogP contribution in [0.1, 0.15) is 5.56 Å². The van der Waals surface area contributed by atoms with Crippen molar-refractivity contribution in [3.8, 4) is 0 Å². The van der Waals surface area contributed by atoms with Crippen LogP contribution in [0.2, 0.25) is 0 Å². The summed E-state index contributed by atoms with van der Waals surface area (Å²) >= 11 is 11.0. The lowest BCUT2D eigenvalue weighted by Crippen LogP contribution is -2.33. The molecule has 0 fully saturated rings. The first-order chi connectivity index (χ1) is 12.0. The number of carbonyl (C=O) groups excluding carboxylic acids is 2. The third-order valence-corrected chi connectivity index (χ3v) is 3.25. The number of halogens is 2. The summed E-state index contributed by atoms with van der Waals surface area (Å²) in [6.45, 7) is 1.61. The van der Waals surface area contributed by atoms with Crippen LogP contribution in [0.3, 0.4) is 0 Å². The molecular weight excluding hydrogens is 375 g/mol. The van der Waals surface area contributed by atoms with Gasteiger partial charge < -0.3 is 10.6 Å². The van der Waals surface area contributed by atoms with Gasteiger partial charge in [0.15, 0.2) is 0 Å². The summed E-state index contributed by atoms with van der Waals surface area (Å²) < 4.78 is 0. The van der Waals surface area contributed by atoms with Crippen LogP contribution in [0.25, 0.3) is 0 Å². The number of nitroso groups, excluding NO2 is 2. The average molecular weight is 391 g/mol. The molecule has 4 amide bonds. The number of nitrogens with one attached hydrogen (secondary N) is 2. The summed E-state index contributed by atoms with van der Waals surface area (Å²) in [7, 11) is 0. The van der Waals surface area contributed by atoms with Gasteiger partial charge in [0.2, 0.25) is 0 Å². The number of rotatable bonds is 8. The van der Waals surface area contributed by atoms with Crippen LogP contribution in [0.15, 0.2) is 28.8 Å². The Morgan fingerprint density at radius 3 is 1.88 bits per heavy atom. The Morgan fingerprint density at radius 1 is 0.960 bits per heavy atom. The number of amides is 4. The average Bonchev–Trinajstić information content (AvgIpc) is 2.59. The summed E-state index contributed by atoms with van der Waals surface area (Å²) in [4.78, 5) is 45.4. The zero-order valence-corrected chi connectivity index (χ0v) is 14.8. The summed E-state index contributed by atoms with van der Waals surface area (Å²) in [5.74, 6) is 0.0456. The summed E-state index contributed by atoms with van der Waals surface area (Å²) in [5.41, 5.74) is 1.18. The fourth-order valence-electron chi connectivity index (χ4n) is 1.75. The molecule has 0 heterocycles. The van der Waals surface area contributed by atoms with Crippen molar-refractivity contribution in [2.24, 2.45) is 10.6 Å². The molecule has 25 heavy (non-hydrogen) atoms. The van der Waals surface area contributed by atoms with Gasteiger partial charge in [0.25, 0.3) is 0 Å². The van der Waals surface area contributed by atoms with Gasteiger partial charge in [0.05, 0.1) is 35.0 Å². The Bertz CT molecular complexity index is 645. The molecule has 2 N–H and O–H groups in total. The molecule has 0 radical (unpaired) electrons. The molecule has 136 valence electrons. The maximum absolute atomic E-state index is 12.0. The van der Waals surface area contributed by atoms with E-state index in [1.807, 2.05) is 0 Å². The van der Waals surface area contributed by atoms with Crippen LogP contribution in [-0.2, 0) is 0 Å². The number of urea groups is 2. The second-order valence-electron chi connectivity index (χ2n) is 4.70. The van der Waals surface area contributed by atoms with Crippen molar-refractivity contribution in [2.45, 2.75) is 6.92 Å². The van der Waals surface area contributed by atoms with Gasteiger partial charge in [-0.05, 0) is 24.6 Å². The monoisotopic (exact) mass is 390 g/mol. The number of carbonyl (C=O) groups is 2. The molecule has 1 aromatic rings. The highest BCUT2D eigenvalue weighted by molar-refractivity contribution is 6.18. The Kier molecular flexibility index (Phi) is 8.57. The fourth-order valence-corrected chi connectivity index (χ4v) is 2.07. The Balaban J connectivity index is 2.98. The molecule has 0 spiro atoms. The SMILES string of the molecule is Cc1ccc(NC(=O)N(CCCl)N=O)c(NC(=O)N(CCCl)N=O)c1. The molecule has 1 aromatic carbocycles. The summed E-state index contributed by atoms with van der Waals surface area (Å²) in [6.07, 6.45) is 0. The van der Waals surface area contributed by atoms with E-state index in [1.165, 1.54) is 6.07 Å². The number of nitrogens with zero attached hydrogens (tertiary/aromatic N) is 4. The first-order valence-electron chi connectivity index (χ1n) is 7.03. The lowest BCUT2D eigenvalue weighted by atomic mass is 10.2. The third-order valence-electron chi connectivity index (χ3n) is 2.92. The molecule has 0 aliphatic carbocycles. The summed E-state index contributed by atoms with van der Waals surface area (Å²) in [5, 5.41) is 11.2. The van der Waals surface area contributed by atoms with Crippen molar-refractivity contribution in [1.82, 2.24) is 10.0 Å².